The Morgan fingerprint density at radius 3 is 2.49 bits per heavy atom. The monoisotopic (exact) mass is 839 g/mol. The molecule has 2 saturated carbocycles. The van der Waals surface area contributed by atoms with Crippen molar-refractivity contribution >= 4 is 29.8 Å². The van der Waals surface area contributed by atoms with Gasteiger partial charge < -0.3 is 39.0 Å². The third-order valence-corrected chi connectivity index (χ3v) is 14.2. The minimum Gasteiger partial charge on any atom is -0.460 e. The maximum absolute atomic E-state index is 15.6. The van der Waals surface area contributed by atoms with Gasteiger partial charge in [0, 0.05) is 32.2 Å². The molecule has 14 nitrogen and oxygen atoms in total. The number of nitrogens with zero attached hydrogens (tertiary/aromatic N) is 2. The number of aliphatic hydroxyl groups excluding tert-OH is 1. The number of hydroxylamine groups is 2. The molecule has 0 aromatic heterocycles. The van der Waals surface area contributed by atoms with E-state index >= 15 is 4.79 Å². The van der Waals surface area contributed by atoms with Crippen LogP contribution < -0.4 is 5.32 Å². The Morgan fingerprint density at radius 2 is 1.74 bits per heavy atom. The molecule has 7 fully saturated rings. The highest BCUT2D eigenvalue weighted by Crippen LogP contribution is 2.59. The Balaban J connectivity index is 0.941. The molecule has 3 unspecified atom stereocenters. The summed E-state index contributed by atoms with van der Waals surface area (Å²) < 4.78 is 31.3. The molecule has 2 aromatic carbocycles. The van der Waals surface area contributed by atoms with Crippen molar-refractivity contribution in [2.75, 3.05) is 13.2 Å². The Kier molecular flexibility index (Phi) is 10.4. The van der Waals surface area contributed by atoms with Crippen LogP contribution in [0.5, 0.6) is 0 Å². The lowest BCUT2D eigenvalue weighted by atomic mass is 9.62. The first-order valence-corrected chi connectivity index (χ1v) is 22.3. The quantitative estimate of drug-likeness (QED) is 0.248. The van der Waals surface area contributed by atoms with Crippen LogP contribution in [0.3, 0.4) is 0 Å². The van der Waals surface area contributed by atoms with E-state index in [2.05, 4.69) is 35.7 Å². The van der Waals surface area contributed by atoms with Crippen LogP contribution in [-0.2, 0) is 67.1 Å². The Hall–Kier alpha value is -4.18. The van der Waals surface area contributed by atoms with Crippen LogP contribution in [-0.4, -0.2) is 118 Å². The van der Waals surface area contributed by atoms with Crippen LogP contribution in [0.25, 0.3) is 6.08 Å². The van der Waals surface area contributed by atoms with Gasteiger partial charge >= 0.3 is 11.9 Å². The molecular weight excluding hydrogens is 783 g/mol. The summed E-state index contributed by atoms with van der Waals surface area (Å²) in [7, 11) is 0. The summed E-state index contributed by atoms with van der Waals surface area (Å²) in [6.07, 6.45) is 7.56. The van der Waals surface area contributed by atoms with Crippen LogP contribution in [0.1, 0.15) is 94.4 Å². The summed E-state index contributed by atoms with van der Waals surface area (Å²) >= 11 is 0. The Bertz CT molecular complexity index is 2080. The van der Waals surface area contributed by atoms with Crippen molar-refractivity contribution in [3.05, 3.63) is 76.9 Å². The first-order chi connectivity index (χ1) is 29.3. The lowest BCUT2D eigenvalue weighted by Crippen LogP contribution is -2.70. The number of amides is 2. The van der Waals surface area contributed by atoms with Crippen molar-refractivity contribution in [1.82, 2.24) is 15.3 Å². The van der Waals surface area contributed by atoms with E-state index in [0.29, 0.717) is 50.4 Å². The minimum atomic E-state index is -1.45. The first kappa shape index (κ1) is 40.9. The molecule has 5 aliphatic heterocycles. The molecule has 3 aliphatic carbocycles. The van der Waals surface area contributed by atoms with Crippen molar-refractivity contribution in [2.45, 2.75) is 158 Å². The summed E-state index contributed by atoms with van der Waals surface area (Å²) in [6.45, 7) is 5.45. The van der Waals surface area contributed by atoms with E-state index in [-0.39, 0.29) is 31.7 Å². The molecule has 2 aromatic rings. The molecule has 1 spiro atoms. The topological polar surface area (TPSA) is 166 Å². The molecule has 61 heavy (non-hydrogen) atoms. The second-order valence-corrected chi connectivity index (χ2v) is 19.4. The van der Waals surface area contributed by atoms with E-state index in [1.807, 2.05) is 30.3 Å². The number of aliphatic hydroxyl groups is 1. The van der Waals surface area contributed by atoms with Gasteiger partial charge in [-0.2, -0.15) is 5.06 Å². The number of likely N-dealkylation sites (tertiary alicyclic amines) is 1. The third-order valence-electron chi connectivity index (χ3n) is 14.2. The number of carbonyl (C=O) groups excluding carboxylic acids is 4. The highest BCUT2D eigenvalue weighted by atomic mass is 16.8. The molecule has 10 rings (SSSR count). The van der Waals surface area contributed by atoms with Crippen molar-refractivity contribution in [3.8, 4) is 0 Å². The lowest BCUT2D eigenvalue weighted by Gasteiger charge is -2.50. The van der Waals surface area contributed by atoms with Gasteiger partial charge in [-0.3, -0.25) is 24.0 Å². The highest BCUT2D eigenvalue weighted by molar-refractivity contribution is 5.96. The molecule has 0 radical (unpaired) electrons. The number of rotatable bonds is 11. The van der Waals surface area contributed by atoms with Crippen LogP contribution in [0.2, 0.25) is 0 Å². The highest BCUT2D eigenvalue weighted by Gasteiger charge is 2.77. The van der Waals surface area contributed by atoms with Gasteiger partial charge in [0.05, 0.1) is 31.4 Å². The largest absolute Gasteiger partial charge is 0.460 e. The van der Waals surface area contributed by atoms with Gasteiger partial charge in [0.15, 0.2) is 11.8 Å². The van der Waals surface area contributed by atoms with E-state index in [1.165, 1.54) is 0 Å². The molecule has 2 amide bonds. The Labute approximate surface area is 356 Å². The number of esters is 2. The second-order valence-electron chi connectivity index (χ2n) is 19.4. The summed E-state index contributed by atoms with van der Waals surface area (Å²) in [4.78, 5) is 65.2. The zero-order valence-corrected chi connectivity index (χ0v) is 35.2. The van der Waals surface area contributed by atoms with E-state index in [0.717, 1.165) is 41.5 Å². The molecule has 2 N–H and O–H groups in total. The zero-order chi connectivity index (χ0) is 42.3. The van der Waals surface area contributed by atoms with Crippen molar-refractivity contribution < 1.29 is 52.8 Å². The predicted molar refractivity (Wildman–Crippen MR) is 218 cm³/mol. The number of hydrogen-bond donors (Lipinski definition) is 2. The van der Waals surface area contributed by atoms with E-state index in [9.17, 15) is 19.5 Å². The molecule has 5 saturated heterocycles. The summed E-state index contributed by atoms with van der Waals surface area (Å²) in [5, 5.41) is 14.7. The molecule has 11 atom stereocenters. The third kappa shape index (κ3) is 7.50. The number of ether oxygens (including phenoxy) is 5. The van der Waals surface area contributed by atoms with E-state index in [4.69, 9.17) is 28.5 Å². The molecule has 2 bridgehead atoms. The average Bonchev–Trinajstić information content (AvgIpc) is 3.55. The number of hydrogen-bond acceptors (Lipinski definition) is 12. The fourth-order valence-electron chi connectivity index (χ4n) is 11.3. The number of benzene rings is 2. The SMILES string of the molecule is CC(C)(C)OC(=O)CC[C@@H](CO)NC(=O)[C@H]1CCCN1C(=O)[C@@]12C[C@H]3OC(=O)[C@@H]1N(Cc1ccccc1C=CC1CCC4OC4C1)O[C@@H]2[C@H]1OC2(Cc4ccccc4C2)O[C@H]13. The van der Waals surface area contributed by atoms with Gasteiger partial charge in [-0.15, -0.1) is 0 Å². The van der Waals surface area contributed by atoms with Gasteiger partial charge in [-0.1, -0.05) is 60.7 Å². The lowest BCUT2D eigenvalue weighted by molar-refractivity contribution is -0.218. The molecule has 326 valence electrons. The normalized spacial score (nSPS) is 34.8. The molecule has 8 aliphatic rings. The van der Waals surface area contributed by atoms with Gasteiger partial charge in [-0.05, 0) is 87.5 Å². The zero-order valence-electron chi connectivity index (χ0n) is 35.2. The standard InChI is InChI=1S/C47H57N3O11/c1-45(2,3)58-37(52)19-17-32(26-51)48-42(53)33-13-8-20-49(33)44(55)47-24-36-38-39(60-46(59-38)22-29-10-5-6-11-30(29)23-46)41(47)61-50(40(47)43(54)57-36)25-31-12-7-4-9-28(31)16-14-27-15-18-34-35(21-27)56-34/h4-7,9-12,14,16,27,32-36,38-41,51H,8,13,15,17-26H2,1-3H3,(H,48,53)/t27?,32-,33+,34?,35?,36+,38-,39-,40-,41+,47-/m0/s1. The number of fused-ring (bicyclic) bond motifs is 6. The van der Waals surface area contributed by atoms with Crippen LogP contribution in [0.4, 0.5) is 0 Å². The average molecular weight is 840 g/mol. The van der Waals surface area contributed by atoms with Crippen LogP contribution >= 0.6 is 0 Å². The first-order valence-electron chi connectivity index (χ1n) is 22.3. The molecule has 5 heterocycles. The van der Waals surface area contributed by atoms with Crippen LogP contribution in [0, 0.1) is 11.3 Å². The number of allylic oxidation sites excluding steroid dienone is 1. The fraction of sp³-hybridized carbons (Fsp3) is 0.617. The fourth-order valence-corrected chi connectivity index (χ4v) is 11.3. The summed E-state index contributed by atoms with van der Waals surface area (Å²) in [5.41, 5.74) is 2.05. The van der Waals surface area contributed by atoms with Gasteiger partial charge in [0.25, 0.3) is 0 Å². The smallest absolute Gasteiger partial charge is 0.327 e. The van der Waals surface area contributed by atoms with Gasteiger partial charge in [0.2, 0.25) is 11.8 Å². The summed E-state index contributed by atoms with van der Waals surface area (Å²) in [5.74, 6) is -2.37. The predicted octanol–water partition coefficient (Wildman–Crippen LogP) is 3.94. The molecular formula is C47H57N3O11. The van der Waals surface area contributed by atoms with E-state index < -0.39 is 83.8 Å². The van der Waals surface area contributed by atoms with Crippen molar-refractivity contribution in [1.29, 1.82) is 0 Å². The van der Waals surface area contributed by atoms with Crippen LogP contribution in [0.15, 0.2) is 54.6 Å². The maximum atomic E-state index is 15.6. The van der Waals surface area contributed by atoms with Gasteiger partial charge in [0.1, 0.15) is 41.5 Å². The number of epoxide rings is 1. The maximum Gasteiger partial charge on any atom is 0.327 e. The minimum absolute atomic E-state index is 0.00573. The second kappa shape index (κ2) is 15.6. The van der Waals surface area contributed by atoms with Crippen molar-refractivity contribution in [3.63, 3.8) is 0 Å². The van der Waals surface area contributed by atoms with E-state index in [1.54, 1.807) is 30.7 Å². The number of nitrogens with one attached hydrogen (secondary N) is 1. The van der Waals surface area contributed by atoms with Gasteiger partial charge in [-0.25, -0.2) is 0 Å². The summed E-state index contributed by atoms with van der Waals surface area (Å²) in [6, 6.07) is 13.4. The van der Waals surface area contributed by atoms with Crippen molar-refractivity contribution in [2.24, 2.45) is 11.3 Å². The Morgan fingerprint density at radius 1 is 0.984 bits per heavy atom. The molecule has 14 heteroatoms. The number of carbonyl (C=O) groups is 4.